The lowest BCUT2D eigenvalue weighted by atomic mass is 9.90. The summed E-state index contributed by atoms with van der Waals surface area (Å²) in [6.07, 6.45) is 5.07. The number of ether oxygens (including phenoxy) is 1. The normalized spacial score (nSPS) is 32.1. The highest BCUT2D eigenvalue weighted by Crippen LogP contribution is 2.36. The van der Waals surface area contributed by atoms with Crippen molar-refractivity contribution in [2.24, 2.45) is 0 Å². The summed E-state index contributed by atoms with van der Waals surface area (Å²) in [6, 6.07) is 4.66. The Morgan fingerprint density at radius 1 is 1.30 bits per heavy atom. The first kappa shape index (κ1) is 13.6. The first-order chi connectivity index (χ1) is 9.51. The second kappa shape index (κ2) is 4.88. The van der Waals surface area contributed by atoms with Crippen molar-refractivity contribution in [2.45, 2.75) is 64.1 Å². The van der Waals surface area contributed by atoms with Crippen molar-refractivity contribution in [3.8, 4) is 5.75 Å². The van der Waals surface area contributed by atoms with Crippen LogP contribution in [0.5, 0.6) is 5.75 Å². The van der Waals surface area contributed by atoms with E-state index in [-0.39, 0.29) is 11.6 Å². The van der Waals surface area contributed by atoms with Crippen molar-refractivity contribution in [3.05, 3.63) is 28.8 Å². The topological polar surface area (TPSA) is 38.3 Å². The van der Waals surface area contributed by atoms with E-state index >= 15 is 0 Å². The summed E-state index contributed by atoms with van der Waals surface area (Å²) in [5.41, 5.74) is 3.53. The highest BCUT2D eigenvalue weighted by atomic mass is 16.5. The van der Waals surface area contributed by atoms with Gasteiger partial charge in [-0.1, -0.05) is 0 Å². The summed E-state index contributed by atoms with van der Waals surface area (Å²) in [7, 11) is 0. The Balaban J connectivity index is 1.77. The lowest BCUT2D eigenvalue weighted by Crippen LogP contribution is -2.53. The van der Waals surface area contributed by atoms with E-state index in [9.17, 15) is 4.79 Å². The Kier molecular flexibility index (Phi) is 3.33. The molecular formula is C17H23NO2. The second-order valence-electron chi connectivity index (χ2n) is 6.52. The molecular weight excluding hydrogens is 250 g/mol. The Morgan fingerprint density at radius 3 is 2.65 bits per heavy atom. The summed E-state index contributed by atoms with van der Waals surface area (Å²) in [4.78, 5) is 11.4. The Bertz CT molecular complexity index is 517. The van der Waals surface area contributed by atoms with Gasteiger partial charge in [0.1, 0.15) is 18.1 Å². The first-order valence-electron chi connectivity index (χ1n) is 7.50. The minimum Gasteiger partial charge on any atom is -0.490 e. The second-order valence-corrected chi connectivity index (χ2v) is 6.52. The summed E-state index contributed by atoms with van der Waals surface area (Å²) in [5.74, 6) is 0.943. The lowest BCUT2D eigenvalue weighted by molar-refractivity contribution is -0.114. The molecule has 0 amide bonds. The van der Waals surface area contributed by atoms with E-state index in [1.807, 2.05) is 0 Å². The Labute approximate surface area is 120 Å². The standard InChI is InChI=1S/C17H23NO2/c1-11-6-15(7-12(2)13(11)3)20-16-8-14-4-5-17(9-16,10-19)18-14/h6-7,10,14,16,18H,4-5,8-9H2,1-3H3. The molecule has 0 aromatic heterocycles. The zero-order chi connectivity index (χ0) is 14.3. The van der Waals surface area contributed by atoms with Crippen LogP contribution in [0.2, 0.25) is 0 Å². The van der Waals surface area contributed by atoms with E-state index in [4.69, 9.17) is 4.74 Å². The van der Waals surface area contributed by atoms with Gasteiger partial charge in [-0.3, -0.25) is 0 Å². The maximum Gasteiger partial charge on any atom is 0.140 e. The molecule has 0 aliphatic carbocycles. The zero-order valence-corrected chi connectivity index (χ0v) is 12.5. The van der Waals surface area contributed by atoms with Crippen LogP contribution in [0.1, 0.15) is 42.4 Å². The number of hydrogen-bond donors (Lipinski definition) is 1. The third-order valence-electron chi connectivity index (χ3n) is 5.00. The van der Waals surface area contributed by atoms with Crippen LogP contribution in [0.3, 0.4) is 0 Å². The molecule has 0 saturated carbocycles. The van der Waals surface area contributed by atoms with Gasteiger partial charge in [0, 0.05) is 12.5 Å². The van der Waals surface area contributed by atoms with E-state index < -0.39 is 0 Å². The zero-order valence-electron chi connectivity index (χ0n) is 12.5. The molecule has 2 bridgehead atoms. The Morgan fingerprint density at radius 2 is 2.00 bits per heavy atom. The molecule has 1 aromatic carbocycles. The maximum absolute atomic E-state index is 11.4. The van der Waals surface area contributed by atoms with Crippen molar-refractivity contribution >= 4 is 6.29 Å². The number of nitrogens with one attached hydrogen (secondary N) is 1. The highest BCUT2D eigenvalue weighted by Gasteiger charge is 2.46. The fourth-order valence-electron chi connectivity index (χ4n) is 3.61. The molecule has 108 valence electrons. The molecule has 2 fully saturated rings. The number of piperidine rings is 1. The van der Waals surface area contributed by atoms with Crippen LogP contribution in [-0.2, 0) is 4.79 Å². The Hall–Kier alpha value is -1.35. The molecule has 3 heteroatoms. The smallest absolute Gasteiger partial charge is 0.140 e. The SMILES string of the molecule is Cc1cc(OC2CC3CCC(C=O)(C2)N3)cc(C)c1C. The van der Waals surface area contributed by atoms with E-state index in [1.54, 1.807) is 0 Å². The van der Waals surface area contributed by atoms with Crippen LogP contribution in [0.15, 0.2) is 12.1 Å². The minimum absolute atomic E-state index is 0.149. The molecule has 1 aromatic rings. The van der Waals surface area contributed by atoms with Crippen LogP contribution in [0.4, 0.5) is 0 Å². The van der Waals surface area contributed by atoms with E-state index in [1.165, 1.54) is 16.7 Å². The van der Waals surface area contributed by atoms with Gasteiger partial charge < -0.3 is 14.8 Å². The first-order valence-corrected chi connectivity index (χ1v) is 7.50. The molecule has 0 spiro atoms. The molecule has 3 unspecified atom stereocenters. The van der Waals surface area contributed by atoms with Gasteiger partial charge >= 0.3 is 0 Å². The van der Waals surface area contributed by atoms with Gasteiger partial charge in [0.2, 0.25) is 0 Å². The summed E-state index contributed by atoms with van der Waals surface area (Å²) >= 11 is 0. The van der Waals surface area contributed by atoms with Crippen LogP contribution in [0.25, 0.3) is 0 Å². The maximum atomic E-state index is 11.4. The number of carbonyl (C=O) groups excluding carboxylic acids is 1. The fraction of sp³-hybridized carbons (Fsp3) is 0.588. The lowest BCUT2D eigenvalue weighted by Gasteiger charge is -2.35. The monoisotopic (exact) mass is 273 g/mol. The number of hydrogen-bond acceptors (Lipinski definition) is 3. The molecule has 3 atom stereocenters. The predicted molar refractivity (Wildman–Crippen MR) is 79.3 cm³/mol. The number of rotatable bonds is 3. The molecule has 2 aliphatic heterocycles. The van der Waals surface area contributed by atoms with Crippen LogP contribution in [0, 0.1) is 20.8 Å². The van der Waals surface area contributed by atoms with Gasteiger partial charge in [-0.05, 0) is 68.9 Å². The van der Waals surface area contributed by atoms with E-state index in [0.29, 0.717) is 6.04 Å². The fourth-order valence-corrected chi connectivity index (χ4v) is 3.61. The average molecular weight is 273 g/mol. The largest absolute Gasteiger partial charge is 0.490 e. The average Bonchev–Trinajstić information content (AvgIpc) is 2.72. The highest BCUT2D eigenvalue weighted by molar-refractivity contribution is 5.65. The van der Waals surface area contributed by atoms with Gasteiger partial charge in [-0.25, -0.2) is 0 Å². The molecule has 20 heavy (non-hydrogen) atoms. The van der Waals surface area contributed by atoms with E-state index in [0.717, 1.165) is 37.7 Å². The third kappa shape index (κ3) is 2.35. The third-order valence-corrected chi connectivity index (χ3v) is 5.00. The molecule has 0 radical (unpaired) electrons. The summed E-state index contributed by atoms with van der Waals surface area (Å²) < 4.78 is 6.18. The predicted octanol–water partition coefficient (Wildman–Crippen LogP) is 2.84. The number of aryl methyl sites for hydroxylation is 2. The van der Waals surface area contributed by atoms with Crippen LogP contribution < -0.4 is 10.1 Å². The molecule has 2 aliphatic rings. The minimum atomic E-state index is -0.331. The number of carbonyl (C=O) groups is 1. The molecule has 3 nitrogen and oxygen atoms in total. The summed E-state index contributed by atoms with van der Waals surface area (Å²) in [5, 5.41) is 3.45. The van der Waals surface area contributed by atoms with Crippen LogP contribution in [-0.4, -0.2) is 24.0 Å². The van der Waals surface area contributed by atoms with Crippen molar-refractivity contribution in [3.63, 3.8) is 0 Å². The molecule has 2 saturated heterocycles. The van der Waals surface area contributed by atoms with Gasteiger partial charge in [0.15, 0.2) is 0 Å². The molecule has 1 N–H and O–H groups in total. The number of benzene rings is 1. The molecule has 2 heterocycles. The molecule has 3 rings (SSSR count). The van der Waals surface area contributed by atoms with Gasteiger partial charge in [-0.15, -0.1) is 0 Å². The van der Waals surface area contributed by atoms with Gasteiger partial charge in [0.05, 0.1) is 5.54 Å². The van der Waals surface area contributed by atoms with Crippen LogP contribution >= 0.6 is 0 Å². The number of aldehydes is 1. The summed E-state index contributed by atoms with van der Waals surface area (Å²) in [6.45, 7) is 6.38. The van der Waals surface area contributed by atoms with Crippen molar-refractivity contribution < 1.29 is 9.53 Å². The van der Waals surface area contributed by atoms with E-state index in [2.05, 4.69) is 38.2 Å². The van der Waals surface area contributed by atoms with Crippen molar-refractivity contribution in [1.82, 2.24) is 5.32 Å². The van der Waals surface area contributed by atoms with Gasteiger partial charge in [-0.2, -0.15) is 0 Å². The van der Waals surface area contributed by atoms with Gasteiger partial charge in [0.25, 0.3) is 0 Å². The van der Waals surface area contributed by atoms with Crippen molar-refractivity contribution in [2.75, 3.05) is 0 Å². The van der Waals surface area contributed by atoms with Crippen molar-refractivity contribution in [1.29, 1.82) is 0 Å². The number of fused-ring (bicyclic) bond motifs is 2. The quantitative estimate of drug-likeness (QED) is 0.861.